The topological polar surface area (TPSA) is 20.2 Å². The molecule has 0 fully saturated rings. The Morgan fingerprint density at radius 3 is 2.50 bits per heavy atom. The van der Waals surface area contributed by atoms with E-state index in [-0.39, 0.29) is 9.76 Å². The van der Waals surface area contributed by atoms with Crippen LogP contribution in [0.4, 0.5) is 0 Å². The first-order valence-corrected chi connectivity index (χ1v) is 3.68. The fourth-order valence-electron chi connectivity index (χ4n) is 0.158. The van der Waals surface area contributed by atoms with Crippen molar-refractivity contribution in [1.29, 1.82) is 0 Å². The molecule has 6 heavy (non-hydrogen) atoms. The van der Waals surface area contributed by atoms with Crippen LogP contribution in [-0.4, -0.2) is 20.3 Å². The molecule has 0 bridgehead atoms. The third-order valence-corrected chi connectivity index (χ3v) is 1.34. The molecular weight excluding hydrogens is 112 g/mol. The fraction of sp³-hybridized carbons (Fsp3) is 1.00. The van der Waals surface area contributed by atoms with Crippen LogP contribution in [0.3, 0.4) is 0 Å². The molecule has 1 nitrogen and oxygen atoms in total. The summed E-state index contributed by atoms with van der Waals surface area (Å²) in [5.41, 5.74) is 0. The van der Waals surface area contributed by atoms with Gasteiger partial charge in [0.2, 0.25) is 9.76 Å². The number of thiol groups is 1. The van der Waals surface area contributed by atoms with Gasteiger partial charge in [0.15, 0.2) is 0 Å². The zero-order valence-corrected chi connectivity index (χ0v) is 5.41. The first kappa shape index (κ1) is 6.53. The Labute approximate surface area is 46.1 Å². The van der Waals surface area contributed by atoms with Crippen molar-refractivity contribution < 1.29 is 4.80 Å². The SMILES string of the molecule is O[Si]CCCS. The van der Waals surface area contributed by atoms with Crippen LogP contribution in [0.15, 0.2) is 0 Å². The van der Waals surface area contributed by atoms with Gasteiger partial charge in [0.1, 0.15) is 0 Å². The van der Waals surface area contributed by atoms with Crippen molar-refractivity contribution in [1.82, 2.24) is 0 Å². The van der Waals surface area contributed by atoms with Crippen molar-refractivity contribution in [3.05, 3.63) is 0 Å². The molecule has 0 aromatic carbocycles. The zero-order valence-electron chi connectivity index (χ0n) is 3.52. The van der Waals surface area contributed by atoms with Crippen LogP contribution in [0, 0.1) is 0 Å². The van der Waals surface area contributed by atoms with Crippen molar-refractivity contribution in [2.75, 3.05) is 5.75 Å². The standard InChI is InChI=1S/C3H8OSSi/c4-6-3-1-2-5/h4-5H,1-3H2. The molecule has 0 aromatic heterocycles. The highest BCUT2D eigenvalue weighted by Gasteiger charge is 1.80. The largest absolute Gasteiger partial charge is 0.432 e. The maximum absolute atomic E-state index is 8.19. The van der Waals surface area contributed by atoms with E-state index in [0.29, 0.717) is 0 Å². The molecule has 0 atom stereocenters. The molecule has 0 saturated heterocycles. The summed E-state index contributed by atoms with van der Waals surface area (Å²) in [6.45, 7) is 0. The Morgan fingerprint density at radius 1 is 1.67 bits per heavy atom. The Kier molecular flexibility index (Phi) is 6.01. The third-order valence-electron chi connectivity index (χ3n) is 0.447. The van der Waals surface area contributed by atoms with E-state index in [0.717, 1.165) is 18.2 Å². The highest BCUT2D eigenvalue weighted by molar-refractivity contribution is 7.80. The molecule has 1 N–H and O–H groups in total. The van der Waals surface area contributed by atoms with Crippen LogP contribution in [-0.2, 0) is 0 Å². The fourth-order valence-corrected chi connectivity index (χ4v) is 0.949. The second-order valence-electron chi connectivity index (χ2n) is 0.985. The van der Waals surface area contributed by atoms with E-state index in [9.17, 15) is 0 Å². The Bertz CT molecular complexity index is 22.8. The predicted molar refractivity (Wildman–Crippen MR) is 31.2 cm³/mol. The van der Waals surface area contributed by atoms with Gasteiger partial charge in [0, 0.05) is 0 Å². The van der Waals surface area contributed by atoms with Gasteiger partial charge in [-0.25, -0.2) is 0 Å². The Balaban J connectivity index is 2.34. The Hall–Kier alpha value is 0.527. The molecule has 0 heterocycles. The van der Waals surface area contributed by atoms with E-state index in [1.54, 1.807) is 0 Å². The van der Waals surface area contributed by atoms with Gasteiger partial charge in [0.05, 0.1) is 0 Å². The smallest absolute Gasteiger partial charge is 0.224 e. The van der Waals surface area contributed by atoms with Crippen LogP contribution < -0.4 is 0 Å². The van der Waals surface area contributed by atoms with Crippen LogP contribution in [0.1, 0.15) is 6.42 Å². The van der Waals surface area contributed by atoms with Crippen molar-refractivity contribution >= 4 is 22.4 Å². The van der Waals surface area contributed by atoms with E-state index in [1.165, 1.54) is 0 Å². The molecule has 3 heteroatoms. The van der Waals surface area contributed by atoms with Gasteiger partial charge < -0.3 is 4.80 Å². The number of hydrogen-bond acceptors (Lipinski definition) is 2. The molecule has 0 aliphatic carbocycles. The van der Waals surface area contributed by atoms with Gasteiger partial charge in [-0.15, -0.1) is 0 Å². The molecular formula is C3H8OSSi. The summed E-state index contributed by atoms with van der Waals surface area (Å²) in [4.78, 5) is 8.19. The molecule has 0 spiro atoms. The lowest BCUT2D eigenvalue weighted by atomic mass is 10.6. The van der Waals surface area contributed by atoms with Crippen LogP contribution >= 0.6 is 12.6 Å². The van der Waals surface area contributed by atoms with Gasteiger partial charge in [-0.2, -0.15) is 12.6 Å². The van der Waals surface area contributed by atoms with Crippen molar-refractivity contribution in [2.24, 2.45) is 0 Å². The molecule has 0 unspecified atom stereocenters. The van der Waals surface area contributed by atoms with Gasteiger partial charge >= 0.3 is 0 Å². The van der Waals surface area contributed by atoms with Gasteiger partial charge in [-0.05, 0) is 18.2 Å². The molecule has 36 valence electrons. The second-order valence-corrected chi connectivity index (χ2v) is 2.25. The van der Waals surface area contributed by atoms with Crippen molar-refractivity contribution in [3.8, 4) is 0 Å². The summed E-state index contributed by atoms with van der Waals surface area (Å²) >= 11 is 3.95. The molecule has 0 amide bonds. The molecule has 0 aromatic rings. The minimum Gasteiger partial charge on any atom is -0.432 e. The maximum Gasteiger partial charge on any atom is 0.224 e. The maximum atomic E-state index is 8.19. The highest BCUT2D eigenvalue weighted by atomic mass is 32.1. The lowest BCUT2D eigenvalue weighted by Crippen LogP contribution is -1.84. The summed E-state index contributed by atoms with van der Waals surface area (Å²) in [6, 6.07) is 0.920. The van der Waals surface area contributed by atoms with Crippen LogP contribution in [0.25, 0.3) is 0 Å². The Morgan fingerprint density at radius 2 is 2.33 bits per heavy atom. The highest BCUT2D eigenvalue weighted by Crippen LogP contribution is 1.87. The third kappa shape index (κ3) is 4.53. The molecule has 0 aliphatic heterocycles. The first-order chi connectivity index (χ1) is 2.91. The van der Waals surface area contributed by atoms with E-state index < -0.39 is 0 Å². The predicted octanol–water partition coefficient (Wildman–Crippen LogP) is 0.336. The molecule has 0 rings (SSSR count). The normalized spacial score (nSPS) is 9.00. The average molecular weight is 120 g/mol. The summed E-state index contributed by atoms with van der Waals surface area (Å²) in [5.74, 6) is 0.896. The van der Waals surface area contributed by atoms with Crippen LogP contribution in [0.5, 0.6) is 0 Å². The van der Waals surface area contributed by atoms with Gasteiger partial charge in [-0.1, -0.05) is 0 Å². The molecule has 2 radical (unpaired) electrons. The minimum absolute atomic E-state index is 0.116. The van der Waals surface area contributed by atoms with E-state index in [4.69, 9.17) is 4.80 Å². The summed E-state index contributed by atoms with van der Waals surface area (Å²) in [7, 11) is 0.116. The molecule has 0 saturated carbocycles. The summed E-state index contributed by atoms with van der Waals surface area (Å²) in [5, 5.41) is 0. The number of hydrogen-bond donors (Lipinski definition) is 2. The summed E-state index contributed by atoms with van der Waals surface area (Å²) < 4.78 is 0. The van der Waals surface area contributed by atoms with Gasteiger partial charge in [0.25, 0.3) is 0 Å². The van der Waals surface area contributed by atoms with Crippen molar-refractivity contribution in [3.63, 3.8) is 0 Å². The minimum atomic E-state index is 0.116. The average Bonchev–Trinajstić information content (AvgIpc) is 1.61. The monoisotopic (exact) mass is 120 g/mol. The number of rotatable bonds is 3. The lowest BCUT2D eigenvalue weighted by Gasteiger charge is -1.83. The van der Waals surface area contributed by atoms with Crippen LogP contribution in [0.2, 0.25) is 6.04 Å². The van der Waals surface area contributed by atoms with E-state index in [2.05, 4.69) is 12.6 Å². The quantitative estimate of drug-likeness (QED) is 0.312. The first-order valence-electron chi connectivity index (χ1n) is 1.89. The second kappa shape index (κ2) is 5.53. The van der Waals surface area contributed by atoms with Gasteiger partial charge in [-0.3, -0.25) is 0 Å². The molecule has 0 aliphatic rings. The van der Waals surface area contributed by atoms with E-state index >= 15 is 0 Å². The zero-order chi connectivity index (χ0) is 4.83. The lowest BCUT2D eigenvalue weighted by molar-refractivity contribution is 0.598. The van der Waals surface area contributed by atoms with Crippen molar-refractivity contribution in [2.45, 2.75) is 12.5 Å². The van der Waals surface area contributed by atoms with E-state index in [1.807, 2.05) is 0 Å². The summed E-state index contributed by atoms with van der Waals surface area (Å²) in [6.07, 6.45) is 1.04.